The van der Waals surface area contributed by atoms with E-state index >= 15 is 0 Å². The number of halogens is 1. The third kappa shape index (κ3) is 3.60. The molecule has 0 saturated carbocycles. The van der Waals surface area contributed by atoms with Crippen molar-refractivity contribution in [2.24, 2.45) is 0 Å². The number of ether oxygens (including phenoxy) is 2. The largest absolute Gasteiger partial charge is 0.490 e. The first-order valence-corrected chi connectivity index (χ1v) is 9.56. The van der Waals surface area contributed by atoms with Gasteiger partial charge in [0.2, 0.25) is 0 Å². The van der Waals surface area contributed by atoms with Crippen molar-refractivity contribution in [2.75, 3.05) is 17.9 Å². The van der Waals surface area contributed by atoms with Crippen LogP contribution >= 0.6 is 11.6 Å². The summed E-state index contributed by atoms with van der Waals surface area (Å²) >= 11 is 6.19. The number of anilines is 1. The Labute approximate surface area is 146 Å². The zero-order chi connectivity index (χ0) is 17.2. The van der Waals surface area contributed by atoms with Crippen molar-refractivity contribution in [3.05, 3.63) is 47.0 Å². The minimum absolute atomic E-state index is 0.183. The highest BCUT2D eigenvalue weighted by Crippen LogP contribution is 2.38. The fourth-order valence-corrected chi connectivity index (χ4v) is 3.70. The van der Waals surface area contributed by atoms with E-state index in [9.17, 15) is 8.42 Å². The fourth-order valence-electron chi connectivity index (χ4n) is 2.37. The highest BCUT2D eigenvalue weighted by atomic mass is 35.5. The van der Waals surface area contributed by atoms with Gasteiger partial charge in [-0.2, -0.15) is 0 Å². The first-order chi connectivity index (χ1) is 11.5. The zero-order valence-electron chi connectivity index (χ0n) is 13.2. The summed E-state index contributed by atoms with van der Waals surface area (Å²) < 4.78 is 38.7. The SMILES string of the molecule is CCc1ccc(S(=O)(=O)Nc2cc3c(cc2Cl)OCCCO3)cc1. The molecule has 128 valence electrons. The van der Waals surface area contributed by atoms with Crippen LogP contribution in [0.4, 0.5) is 5.69 Å². The van der Waals surface area contributed by atoms with E-state index in [0.29, 0.717) is 24.7 Å². The highest BCUT2D eigenvalue weighted by molar-refractivity contribution is 7.92. The second-order valence-corrected chi connectivity index (χ2v) is 7.52. The van der Waals surface area contributed by atoms with E-state index in [1.807, 2.05) is 6.92 Å². The lowest BCUT2D eigenvalue weighted by Gasteiger charge is -2.13. The third-order valence-corrected chi connectivity index (χ3v) is 5.42. The topological polar surface area (TPSA) is 64.6 Å². The van der Waals surface area contributed by atoms with Crippen molar-refractivity contribution in [1.29, 1.82) is 0 Å². The lowest BCUT2D eigenvalue weighted by atomic mass is 10.2. The van der Waals surface area contributed by atoms with E-state index < -0.39 is 10.0 Å². The van der Waals surface area contributed by atoms with Crippen molar-refractivity contribution in [3.63, 3.8) is 0 Å². The number of rotatable bonds is 4. The molecule has 0 radical (unpaired) electrons. The highest BCUT2D eigenvalue weighted by Gasteiger charge is 2.19. The Morgan fingerprint density at radius 2 is 1.71 bits per heavy atom. The quantitative estimate of drug-likeness (QED) is 0.891. The molecule has 0 atom stereocenters. The lowest BCUT2D eigenvalue weighted by Crippen LogP contribution is -2.13. The third-order valence-electron chi connectivity index (χ3n) is 3.72. The number of aryl methyl sites for hydroxylation is 1. The summed E-state index contributed by atoms with van der Waals surface area (Å²) in [7, 11) is -3.73. The molecule has 7 heteroatoms. The van der Waals surface area contributed by atoms with Gasteiger partial charge in [0, 0.05) is 18.6 Å². The number of nitrogens with one attached hydrogen (secondary N) is 1. The van der Waals surface area contributed by atoms with E-state index in [1.165, 1.54) is 0 Å². The average molecular weight is 368 g/mol. The van der Waals surface area contributed by atoms with Gasteiger partial charge in [0.25, 0.3) is 10.0 Å². The smallest absolute Gasteiger partial charge is 0.261 e. The lowest BCUT2D eigenvalue weighted by molar-refractivity contribution is 0.297. The van der Waals surface area contributed by atoms with Crippen LogP contribution in [0.25, 0.3) is 0 Å². The van der Waals surface area contributed by atoms with Crippen LogP contribution in [-0.2, 0) is 16.4 Å². The van der Waals surface area contributed by atoms with Crippen LogP contribution < -0.4 is 14.2 Å². The van der Waals surface area contributed by atoms with Crippen molar-refractivity contribution in [3.8, 4) is 11.5 Å². The molecular weight excluding hydrogens is 350 g/mol. The van der Waals surface area contributed by atoms with Crippen molar-refractivity contribution >= 4 is 27.3 Å². The van der Waals surface area contributed by atoms with Gasteiger partial charge in [-0.05, 0) is 24.1 Å². The molecule has 1 aliphatic heterocycles. The van der Waals surface area contributed by atoms with Crippen LogP contribution in [0.3, 0.4) is 0 Å². The van der Waals surface area contributed by atoms with E-state index in [2.05, 4.69) is 4.72 Å². The van der Waals surface area contributed by atoms with Gasteiger partial charge < -0.3 is 9.47 Å². The van der Waals surface area contributed by atoms with E-state index in [0.717, 1.165) is 18.4 Å². The van der Waals surface area contributed by atoms with Crippen LogP contribution in [0.15, 0.2) is 41.3 Å². The molecule has 0 saturated heterocycles. The van der Waals surface area contributed by atoms with E-state index in [4.69, 9.17) is 21.1 Å². The van der Waals surface area contributed by atoms with Crippen molar-refractivity contribution < 1.29 is 17.9 Å². The maximum absolute atomic E-state index is 12.5. The Morgan fingerprint density at radius 3 is 2.33 bits per heavy atom. The van der Waals surface area contributed by atoms with Crippen LogP contribution in [0, 0.1) is 0 Å². The molecule has 2 aromatic carbocycles. The molecule has 1 N–H and O–H groups in total. The Morgan fingerprint density at radius 1 is 1.08 bits per heavy atom. The summed E-state index contributed by atoms with van der Waals surface area (Å²) in [6, 6.07) is 9.88. The molecular formula is C17H18ClNO4S. The minimum Gasteiger partial charge on any atom is -0.490 e. The summed E-state index contributed by atoms with van der Waals surface area (Å²) in [4.78, 5) is 0.183. The van der Waals surface area contributed by atoms with Gasteiger partial charge in [-0.1, -0.05) is 30.7 Å². The number of hydrogen-bond donors (Lipinski definition) is 1. The zero-order valence-corrected chi connectivity index (χ0v) is 14.8. The Balaban J connectivity index is 1.90. The molecule has 3 rings (SSSR count). The second kappa shape index (κ2) is 6.91. The maximum Gasteiger partial charge on any atom is 0.261 e. The monoisotopic (exact) mass is 367 g/mol. The van der Waals surface area contributed by atoms with Gasteiger partial charge in [-0.15, -0.1) is 0 Å². The molecule has 0 spiro atoms. The first kappa shape index (κ1) is 16.9. The average Bonchev–Trinajstić information content (AvgIpc) is 2.80. The first-order valence-electron chi connectivity index (χ1n) is 7.70. The molecule has 1 aliphatic rings. The maximum atomic E-state index is 12.5. The molecule has 0 aliphatic carbocycles. The Hall–Kier alpha value is -1.92. The minimum atomic E-state index is -3.73. The van der Waals surface area contributed by atoms with E-state index in [-0.39, 0.29) is 15.6 Å². The molecule has 0 bridgehead atoms. The molecule has 2 aromatic rings. The fraction of sp³-hybridized carbons (Fsp3) is 0.294. The Bertz CT molecular complexity index is 834. The number of sulfonamides is 1. The molecule has 0 amide bonds. The predicted molar refractivity (Wildman–Crippen MR) is 93.7 cm³/mol. The standard InChI is InChI=1S/C17H18ClNO4S/c1-2-12-4-6-13(7-5-12)24(20,21)19-15-11-17-16(10-14(15)18)22-8-3-9-23-17/h4-7,10-11,19H,2-3,8-9H2,1H3. The molecule has 0 aromatic heterocycles. The molecule has 0 fully saturated rings. The van der Waals surface area contributed by atoms with E-state index in [1.54, 1.807) is 36.4 Å². The van der Waals surface area contributed by atoms with Crippen molar-refractivity contribution in [1.82, 2.24) is 0 Å². The van der Waals surface area contributed by atoms with Gasteiger partial charge in [-0.3, -0.25) is 4.72 Å². The normalized spacial score (nSPS) is 14.1. The molecule has 24 heavy (non-hydrogen) atoms. The van der Waals surface area contributed by atoms with Crippen LogP contribution in [0.1, 0.15) is 18.9 Å². The Kier molecular flexibility index (Phi) is 4.87. The second-order valence-electron chi connectivity index (χ2n) is 5.43. The summed E-state index contributed by atoms with van der Waals surface area (Å²) in [6.07, 6.45) is 1.61. The van der Waals surface area contributed by atoms with Crippen molar-refractivity contribution in [2.45, 2.75) is 24.7 Å². The molecule has 5 nitrogen and oxygen atoms in total. The molecule has 1 heterocycles. The summed E-state index contributed by atoms with van der Waals surface area (Å²) in [5.74, 6) is 1.00. The number of hydrogen-bond acceptors (Lipinski definition) is 4. The van der Waals surface area contributed by atoms with Gasteiger partial charge in [0.15, 0.2) is 11.5 Å². The van der Waals surface area contributed by atoms with Gasteiger partial charge >= 0.3 is 0 Å². The van der Waals surface area contributed by atoms with Gasteiger partial charge in [-0.25, -0.2) is 8.42 Å². The summed E-state index contributed by atoms with van der Waals surface area (Å²) in [6.45, 7) is 3.07. The number of fused-ring (bicyclic) bond motifs is 1. The summed E-state index contributed by atoms with van der Waals surface area (Å²) in [5.41, 5.74) is 1.34. The predicted octanol–water partition coefficient (Wildman–Crippen LogP) is 3.86. The van der Waals surface area contributed by atoms with Gasteiger partial charge in [0.05, 0.1) is 28.8 Å². The van der Waals surface area contributed by atoms with Crippen LogP contribution in [0.5, 0.6) is 11.5 Å². The number of benzene rings is 2. The van der Waals surface area contributed by atoms with Crippen LogP contribution in [-0.4, -0.2) is 21.6 Å². The molecule has 0 unspecified atom stereocenters. The van der Waals surface area contributed by atoms with Crippen LogP contribution in [0.2, 0.25) is 5.02 Å². The summed E-state index contributed by atoms with van der Waals surface area (Å²) in [5, 5.41) is 0.257. The van der Waals surface area contributed by atoms with Gasteiger partial charge in [0.1, 0.15) is 0 Å².